The second-order valence-electron chi connectivity index (χ2n) is 4.83. The van der Waals surface area contributed by atoms with Gasteiger partial charge in [0.15, 0.2) is 5.58 Å². The van der Waals surface area contributed by atoms with E-state index in [1.165, 1.54) is 0 Å². The maximum atomic E-state index is 12.1. The molecular weight excluding hydrogens is 332 g/mol. The highest BCUT2D eigenvalue weighted by atomic mass is 79.9. The Bertz CT molecular complexity index is 811. The predicted octanol–water partition coefficient (Wildman–Crippen LogP) is 4.08. The summed E-state index contributed by atoms with van der Waals surface area (Å²) in [6, 6.07) is 13.3. The van der Waals surface area contributed by atoms with Crippen molar-refractivity contribution in [2.75, 3.05) is 5.32 Å². The van der Waals surface area contributed by atoms with E-state index in [0.717, 1.165) is 21.1 Å². The number of fused-ring (bicyclic) bond motifs is 1. The number of aryl methyl sites for hydroxylation is 1. The fraction of sp³-hybridized carbons (Fsp3) is 0.125. The van der Waals surface area contributed by atoms with Crippen LogP contribution in [-0.2, 0) is 11.2 Å². The van der Waals surface area contributed by atoms with Crippen molar-refractivity contribution in [2.45, 2.75) is 13.3 Å². The summed E-state index contributed by atoms with van der Waals surface area (Å²) in [7, 11) is 0. The summed E-state index contributed by atoms with van der Waals surface area (Å²) >= 11 is 3.40. The smallest absolute Gasteiger partial charge is 0.230 e. The Morgan fingerprint density at radius 3 is 2.90 bits per heavy atom. The molecule has 0 aliphatic heterocycles. The van der Waals surface area contributed by atoms with E-state index >= 15 is 0 Å². The fourth-order valence-corrected chi connectivity index (χ4v) is 2.52. The van der Waals surface area contributed by atoms with Crippen molar-refractivity contribution in [1.82, 2.24) is 5.16 Å². The number of halogens is 1. The normalized spacial score (nSPS) is 10.8. The Morgan fingerprint density at radius 1 is 1.29 bits per heavy atom. The van der Waals surface area contributed by atoms with E-state index in [9.17, 15) is 4.79 Å². The molecule has 1 N–H and O–H groups in total. The van der Waals surface area contributed by atoms with Crippen LogP contribution in [0.2, 0.25) is 0 Å². The molecule has 4 nitrogen and oxygen atoms in total. The molecule has 0 bridgehead atoms. The molecule has 5 heteroatoms. The molecule has 1 heterocycles. The number of anilines is 1. The van der Waals surface area contributed by atoms with Gasteiger partial charge in [-0.3, -0.25) is 4.79 Å². The molecule has 3 rings (SSSR count). The molecule has 1 aromatic heterocycles. The number of rotatable bonds is 3. The summed E-state index contributed by atoms with van der Waals surface area (Å²) in [5, 5.41) is 7.74. The molecule has 2 aromatic carbocycles. The average molecular weight is 345 g/mol. The molecule has 3 aromatic rings. The standard InChI is InChI=1S/C16H13BrN2O2/c1-10-6-7-15-11(8-10)14(19-21-15)9-16(20)18-13-5-3-2-4-12(13)17/h2-8H,9H2,1H3,(H,18,20). The zero-order valence-corrected chi connectivity index (χ0v) is 13.0. The average Bonchev–Trinajstić information content (AvgIpc) is 2.84. The third kappa shape index (κ3) is 2.97. The first-order valence-electron chi connectivity index (χ1n) is 6.53. The van der Waals surface area contributed by atoms with Crippen molar-refractivity contribution < 1.29 is 9.32 Å². The highest BCUT2D eigenvalue weighted by Gasteiger charge is 2.13. The highest BCUT2D eigenvalue weighted by molar-refractivity contribution is 9.10. The van der Waals surface area contributed by atoms with Crippen LogP contribution in [0.3, 0.4) is 0 Å². The van der Waals surface area contributed by atoms with Crippen LogP contribution in [0.25, 0.3) is 11.0 Å². The van der Waals surface area contributed by atoms with Gasteiger partial charge in [0.05, 0.1) is 12.1 Å². The second kappa shape index (κ2) is 5.69. The van der Waals surface area contributed by atoms with Crippen LogP contribution in [0.4, 0.5) is 5.69 Å². The summed E-state index contributed by atoms with van der Waals surface area (Å²) in [6.07, 6.45) is 0.178. The summed E-state index contributed by atoms with van der Waals surface area (Å²) in [4.78, 5) is 12.1. The lowest BCUT2D eigenvalue weighted by atomic mass is 10.1. The minimum atomic E-state index is -0.126. The lowest BCUT2D eigenvalue weighted by Crippen LogP contribution is -2.15. The van der Waals surface area contributed by atoms with Crippen molar-refractivity contribution >= 4 is 38.5 Å². The number of carbonyl (C=O) groups is 1. The van der Waals surface area contributed by atoms with E-state index in [0.29, 0.717) is 11.3 Å². The van der Waals surface area contributed by atoms with Crippen LogP contribution in [0.15, 0.2) is 51.5 Å². The Balaban J connectivity index is 1.80. The van der Waals surface area contributed by atoms with Crippen molar-refractivity contribution in [3.05, 3.63) is 58.2 Å². The molecule has 21 heavy (non-hydrogen) atoms. The molecule has 0 fully saturated rings. The van der Waals surface area contributed by atoms with Gasteiger partial charge in [0.1, 0.15) is 5.69 Å². The van der Waals surface area contributed by atoms with Crippen LogP contribution < -0.4 is 5.32 Å². The molecule has 1 amide bonds. The van der Waals surface area contributed by atoms with E-state index in [2.05, 4.69) is 26.4 Å². The second-order valence-corrected chi connectivity index (χ2v) is 5.69. The third-order valence-corrected chi connectivity index (χ3v) is 3.87. The van der Waals surface area contributed by atoms with Gasteiger partial charge in [-0.1, -0.05) is 28.9 Å². The van der Waals surface area contributed by atoms with Crippen LogP contribution in [0, 0.1) is 6.92 Å². The summed E-state index contributed by atoms with van der Waals surface area (Å²) in [5.41, 5.74) is 3.20. The minimum absolute atomic E-state index is 0.126. The van der Waals surface area contributed by atoms with Crippen LogP contribution in [0.5, 0.6) is 0 Å². The van der Waals surface area contributed by atoms with E-state index in [1.54, 1.807) is 0 Å². The molecule has 0 saturated carbocycles. The Labute approximate surface area is 130 Å². The van der Waals surface area contributed by atoms with Gasteiger partial charge in [-0.25, -0.2) is 0 Å². The number of nitrogens with one attached hydrogen (secondary N) is 1. The number of para-hydroxylation sites is 1. The first-order chi connectivity index (χ1) is 10.1. The zero-order chi connectivity index (χ0) is 14.8. The number of carbonyl (C=O) groups excluding carboxylic acids is 1. The van der Waals surface area contributed by atoms with Gasteiger partial charge < -0.3 is 9.84 Å². The van der Waals surface area contributed by atoms with E-state index < -0.39 is 0 Å². The number of aromatic nitrogens is 1. The fourth-order valence-electron chi connectivity index (χ4n) is 2.14. The first-order valence-corrected chi connectivity index (χ1v) is 7.32. The number of hydrogen-bond donors (Lipinski definition) is 1. The van der Waals surface area contributed by atoms with Gasteiger partial charge in [0, 0.05) is 9.86 Å². The largest absolute Gasteiger partial charge is 0.356 e. The summed E-state index contributed by atoms with van der Waals surface area (Å²) < 4.78 is 6.09. The van der Waals surface area contributed by atoms with E-state index in [4.69, 9.17) is 4.52 Å². The van der Waals surface area contributed by atoms with Crippen molar-refractivity contribution in [3.63, 3.8) is 0 Å². The van der Waals surface area contributed by atoms with Gasteiger partial charge in [0.25, 0.3) is 0 Å². The SMILES string of the molecule is Cc1ccc2onc(CC(=O)Nc3ccccc3Br)c2c1. The topological polar surface area (TPSA) is 55.1 Å². The van der Waals surface area contributed by atoms with Gasteiger partial charge in [-0.2, -0.15) is 0 Å². The van der Waals surface area contributed by atoms with Crippen LogP contribution in [0.1, 0.15) is 11.3 Å². The summed E-state index contributed by atoms with van der Waals surface area (Å²) in [5.74, 6) is -0.126. The summed E-state index contributed by atoms with van der Waals surface area (Å²) in [6.45, 7) is 2.00. The molecule has 106 valence electrons. The minimum Gasteiger partial charge on any atom is -0.356 e. The van der Waals surface area contributed by atoms with E-state index in [1.807, 2.05) is 49.4 Å². The molecule has 0 unspecified atom stereocenters. The molecule has 0 spiro atoms. The molecular formula is C16H13BrN2O2. The van der Waals surface area contributed by atoms with Gasteiger partial charge in [0.2, 0.25) is 5.91 Å². The lowest BCUT2D eigenvalue weighted by molar-refractivity contribution is -0.115. The third-order valence-electron chi connectivity index (χ3n) is 3.18. The quantitative estimate of drug-likeness (QED) is 0.778. The Morgan fingerprint density at radius 2 is 2.10 bits per heavy atom. The molecule has 0 aliphatic rings. The first kappa shape index (κ1) is 13.8. The predicted molar refractivity (Wildman–Crippen MR) is 85.2 cm³/mol. The number of nitrogens with zero attached hydrogens (tertiary/aromatic N) is 1. The van der Waals surface area contributed by atoms with Crippen molar-refractivity contribution in [1.29, 1.82) is 0 Å². The number of hydrogen-bond acceptors (Lipinski definition) is 3. The molecule has 0 saturated heterocycles. The molecule has 0 radical (unpaired) electrons. The molecule has 0 aliphatic carbocycles. The Hall–Kier alpha value is -2.14. The van der Waals surface area contributed by atoms with Crippen LogP contribution >= 0.6 is 15.9 Å². The number of amides is 1. The van der Waals surface area contributed by atoms with Gasteiger partial charge >= 0.3 is 0 Å². The van der Waals surface area contributed by atoms with Gasteiger partial charge in [-0.05, 0) is 47.1 Å². The lowest BCUT2D eigenvalue weighted by Gasteiger charge is -2.05. The van der Waals surface area contributed by atoms with E-state index in [-0.39, 0.29) is 12.3 Å². The molecule has 0 atom stereocenters. The highest BCUT2D eigenvalue weighted by Crippen LogP contribution is 2.23. The van der Waals surface area contributed by atoms with Crippen LogP contribution in [-0.4, -0.2) is 11.1 Å². The van der Waals surface area contributed by atoms with Crippen molar-refractivity contribution in [3.8, 4) is 0 Å². The zero-order valence-electron chi connectivity index (χ0n) is 11.4. The maximum Gasteiger partial charge on any atom is 0.230 e. The maximum absolute atomic E-state index is 12.1. The Kier molecular flexibility index (Phi) is 3.75. The monoisotopic (exact) mass is 344 g/mol. The number of benzene rings is 2. The van der Waals surface area contributed by atoms with Gasteiger partial charge in [-0.15, -0.1) is 0 Å². The van der Waals surface area contributed by atoms with Crippen molar-refractivity contribution in [2.24, 2.45) is 0 Å².